The number of aromatic nitrogens is 2. The van der Waals surface area contributed by atoms with E-state index < -0.39 is 12.5 Å². The zero-order valence-corrected chi connectivity index (χ0v) is 15.6. The Balaban J connectivity index is 1.86. The minimum absolute atomic E-state index is 0.0381. The van der Waals surface area contributed by atoms with Crippen molar-refractivity contribution in [2.75, 3.05) is 12.4 Å². The first kappa shape index (κ1) is 19.3. The molecular formula is C20H19F2N3O3. The van der Waals surface area contributed by atoms with Gasteiger partial charge in [0.2, 0.25) is 0 Å². The van der Waals surface area contributed by atoms with E-state index in [9.17, 15) is 13.6 Å². The molecule has 28 heavy (non-hydrogen) atoms. The number of halogens is 2. The molecule has 1 amide bonds. The number of benzene rings is 2. The first-order chi connectivity index (χ1) is 13.4. The summed E-state index contributed by atoms with van der Waals surface area (Å²) in [6.07, 6.45) is 0. The summed E-state index contributed by atoms with van der Waals surface area (Å²) in [5.74, 6) is -0.0563. The lowest BCUT2D eigenvalue weighted by Gasteiger charge is -2.12. The smallest absolute Gasteiger partial charge is 0.387 e. The number of alkyl halides is 2. The van der Waals surface area contributed by atoms with E-state index in [0.717, 1.165) is 16.9 Å². The van der Waals surface area contributed by atoms with E-state index in [1.54, 1.807) is 10.7 Å². The van der Waals surface area contributed by atoms with Crippen molar-refractivity contribution >= 4 is 11.7 Å². The highest BCUT2D eigenvalue weighted by Crippen LogP contribution is 2.30. The molecule has 1 heterocycles. The van der Waals surface area contributed by atoms with Gasteiger partial charge in [-0.05, 0) is 44.2 Å². The third-order valence-electron chi connectivity index (χ3n) is 3.99. The second kappa shape index (κ2) is 8.08. The minimum Gasteiger partial charge on any atom is -0.493 e. The molecule has 0 aliphatic rings. The third kappa shape index (κ3) is 4.28. The molecule has 0 aliphatic carbocycles. The molecule has 0 spiro atoms. The Hall–Kier alpha value is -3.42. The highest BCUT2D eigenvalue weighted by atomic mass is 19.3. The largest absolute Gasteiger partial charge is 0.493 e. The van der Waals surface area contributed by atoms with Crippen LogP contribution in [0, 0.1) is 13.8 Å². The molecule has 8 heteroatoms. The molecule has 0 bridgehead atoms. The van der Waals surface area contributed by atoms with Crippen molar-refractivity contribution < 1.29 is 23.0 Å². The lowest BCUT2D eigenvalue weighted by Crippen LogP contribution is -2.15. The highest BCUT2D eigenvalue weighted by molar-refractivity contribution is 6.04. The number of anilines is 1. The van der Waals surface area contributed by atoms with Crippen LogP contribution in [0.5, 0.6) is 11.5 Å². The number of carbonyl (C=O) groups is 1. The van der Waals surface area contributed by atoms with Crippen LogP contribution in [0.1, 0.15) is 21.6 Å². The molecule has 146 valence electrons. The standard InChI is InChI=1S/C20H19F2N3O3/c1-12-4-7-15(8-5-12)25-18(10-13(2)24-25)23-19(26)14-6-9-16(28-20(21)22)17(11-14)27-3/h4-11,20H,1-3H3,(H,23,26). The van der Waals surface area contributed by atoms with Gasteiger partial charge in [-0.25, -0.2) is 4.68 Å². The van der Waals surface area contributed by atoms with Gasteiger partial charge in [0.1, 0.15) is 5.82 Å². The third-order valence-corrected chi connectivity index (χ3v) is 3.99. The van der Waals surface area contributed by atoms with Gasteiger partial charge in [0.15, 0.2) is 11.5 Å². The molecule has 0 fully saturated rings. The Morgan fingerprint density at radius 3 is 2.43 bits per heavy atom. The van der Waals surface area contributed by atoms with E-state index in [2.05, 4.69) is 15.2 Å². The summed E-state index contributed by atoms with van der Waals surface area (Å²) in [6, 6.07) is 13.4. The maximum Gasteiger partial charge on any atom is 0.387 e. The topological polar surface area (TPSA) is 65.4 Å². The fraction of sp³-hybridized carbons (Fsp3) is 0.200. The Bertz CT molecular complexity index is 985. The molecule has 3 rings (SSSR count). The summed E-state index contributed by atoms with van der Waals surface area (Å²) in [7, 11) is 1.31. The molecule has 1 N–H and O–H groups in total. The van der Waals surface area contributed by atoms with Crippen molar-refractivity contribution in [3.05, 3.63) is 65.4 Å². The van der Waals surface area contributed by atoms with Crippen molar-refractivity contribution in [3.63, 3.8) is 0 Å². The van der Waals surface area contributed by atoms with Crippen LogP contribution < -0.4 is 14.8 Å². The minimum atomic E-state index is -2.99. The van der Waals surface area contributed by atoms with E-state index in [0.29, 0.717) is 5.82 Å². The molecule has 2 aromatic carbocycles. The first-order valence-corrected chi connectivity index (χ1v) is 8.45. The fourth-order valence-corrected chi connectivity index (χ4v) is 2.66. The van der Waals surface area contributed by atoms with Gasteiger partial charge in [-0.3, -0.25) is 4.79 Å². The number of rotatable bonds is 6. The molecule has 0 saturated heterocycles. The van der Waals surface area contributed by atoms with E-state index in [1.165, 1.54) is 25.3 Å². The van der Waals surface area contributed by atoms with Crippen molar-refractivity contribution in [2.24, 2.45) is 0 Å². The molecule has 0 saturated carbocycles. The summed E-state index contributed by atoms with van der Waals surface area (Å²) in [5.41, 5.74) is 2.87. The molecule has 6 nitrogen and oxygen atoms in total. The maximum atomic E-state index is 12.7. The van der Waals surface area contributed by atoms with Gasteiger partial charge in [0.25, 0.3) is 5.91 Å². The predicted molar refractivity (Wildman–Crippen MR) is 101 cm³/mol. The predicted octanol–water partition coefficient (Wildman–Crippen LogP) is 4.35. The normalized spacial score (nSPS) is 10.8. The number of nitrogens with zero attached hydrogens (tertiary/aromatic N) is 2. The van der Waals surface area contributed by atoms with Crippen LogP contribution in [-0.2, 0) is 0 Å². The first-order valence-electron chi connectivity index (χ1n) is 8.45. The summed E-state index contributed by atoms with van der Waals surface area (Å²) in [6.45, 7) is 0.815. The number of hydrogen-bond donors (Lipinski definition) is 1. The van der Waals surface area contributed by atoms with E-state index in [4.69, 9.17) is 4.74 Å². The van der Waals surface area contributed by atoms with Crippen LogP contribution in [0.2, 0.25) is 0 Å². The molecule has 3 aromatic rings. The Labute approximate surface area is 160 Å². The van der Waals surface area contributed by atoms with E-state index in [1.807, 2.05) is 38.1 Å². The number of carbonyl (C=O) groups excluding carboxylic acids is 1. The van der Waals surface area contributed by atoms with Crippen LogP contribution in [0.25, 0.3) is 5.69 Å². The van der Waals surface area contributed by atoms with Crippen LogP contribution in [0.15, 0.2) is 48.5 Å². The molecule has 1 aromatic heterocycles. The number of hydrogen-bond acceptors (Lipinski definition) is 4. The monoisotopic (exact) mass is 387 g/mol. The lowest BCUT2D eigenvalue weighted by molar-refractivity contribution is -0.0512. The Morgan fingerprint density at radius 2 is 1.79 bits per heavy atom. The second-order valence-corrected chi connectivity index (χ2v) is 6.12. The van der Waals surface area contributed by atoms with Gasteiger partial charge >= 0.3 is 6.61 Å². The van der Waals surface area contributed by atoms with Gasteiger partial charge in [0, 0.05) is 11.6 Å². The van der Waals surface area contributed by atoms with Gasteiger partial charge in [0.05, 0.1) is 18.5 Å². The quantitative estimate of drug-likeness (QED) is 0.683. The van der Waals surface area contributed by atoms with Gasteiger partial charge in [-0.15, -0.1) is 0 Å². The maximum absolute atomic E-state index is 12.7. The summed E-state index contributed by atoms with van der Waals surface area (Å²) < 4.78 is 35.9. The van der Waals surface area contributed by atoms with Crippen LogP contribution >= 0.6 is 0 Å². The Morgan fingerprint density at radius 1 is 1.07 bits per heavy atom. The summed E-state index contributed by atoms with van der Waals surface area (Å²) >= 11 is 0. The lowest BCUT2D eigenvalue weighted by atomic mass is 10.2. The Kier molecular flexibility index (Phi) is 5.58. The summed E-state index contributed by atoms with van der Waals surface area (Å²) in [4.78, 5) is 12.7. The zero-order valence-electron chi connectivity index (χ0n) is 15.6. The molecule has 0 radical (unpaired) electrons. The fourth-order valence-electron chi connectivity index (χ4n) is 2.66. The summed E-state index contributed by atoms with van der Waals surface area (Å²) in [5, 5.41) is 7.20. The molecular weight excluding hydrogens is 368 g/mol. The molecule has 0 atom stereocenters. The van der Waals surface area contributed by atoms with Gasteiger partial charge in [-0.2, -0.15) is 13.9 Å². The number of methoxy groups -OCH3 is 1. The molecule has 0 aliphatic heterocycles. The van der Waals surface area contributed by atoms with E-state index in [-0.39, 0.29) is 17.1 Å². The van der Waals surface area contributed by atoms with Crippen molar-refractivity contribution in [2.45, 2.75) is 20.5 Å². The van der Waals surface area contributed by atoms with E-state index >= 15 is 0 Å². The number of ether oxygens (including phenoxy) is 2. The van der Waals surface area contributed by atoms with Gasteiger partial charge in [-0.1, -0.05) is 17.7 Å². The molecule has 0 unspecified atom stereocenters. The number of aryl methyl sites for hydroxylation is 2. The van der Waals surface area contributed by atoms with Crippen LogP contribution in [-0.4, -0.2) is 29.4 Å². The number of nitrogens with one attached hydrogen (secondary N) is 1. The zero-order chi connectivity index (χ0) is 20.3. The van der Waals surface area contributed by atoms with Gasteiger partial charge < -0.3 is 14.8 Å². The van der Waals surface area contributed by atoms with Crippen molar-refractivity contribution in [1.29, 1.82) is 0 Å². The SMILES string of the molecule is COc1cc(C(=O)Nc2cc(C)nn2-c2ccc(C)cc2)ccc1OC(F)F. The average Bonchev–Trinajstić information content (AvgIpc) is 3.02. The van der Waals surface area contributed by atoms with Crippen molar-refractivity contribution in [3.8, 4) is 17.2 Å². The second-order valence-electron chi connectivity index (χ2n) is 6.12. The highest BCUT2D eigenvalue weighted by Gasteiger charge is 2.16. The number of amides is 1. The average molecular weight is 387 g/mol. The van der Waals surface area contributed by atoms with Crippen molar-refractivity contribution in [1.82, 2.24) is 9.78 Å². The van der Waals surface area contributed by atoms with Crippen LogP contribution in [0.4, 0.5) is 14.6 Å². The van der Waals surface area contributed by atoms with Crippen LogP contribution in [0.3, 0.4) is 0 Å².